The van der Waals surface area contributed by atoms with E-state index in [9.17, 15) is 4.79 Å². The molecule has 0 saturated heterocycles. The van der Waals surface area contributed by atoms with Gasteiger partial charge in [0, 0.05) is 23.7 Å². The van der Waals surface area contributed by atoms with Crippen LogP contribution in [0.25, 0.3) is 10.1 Å². The minimum Gasteiger partial charge on any atom is -0.383 e. The van der Waals surface area contributed by atoms with Crippen molar-refractivity contribution in [2.75, 3.05) is 20.3 Å². The number of carbonyl (C=O) groups is 1. The van der Waals surface area contributed by atoms with Crippen molar-refractivity contribution in [3.8, 4) is 0 Å². The fourth-order valence-electron chi connectivity index (χ4n) is 1.56. The van der Waals surface area contributed by atoms with Gasteiger partial charge in [-0.25, -0.2) is 0 Å². The zero-order valence-corrected chi connectivity index (χ0v) is 12.0. The quantitative estimate of drug-likeness (QED) is 0.877. The molecule has 2 rings (SSSR count). The second-order valence-corrected chi connectivity index (χ2v) is 5.44. The summed E-state index contributed by atoms with van der Waals surface area (Å²) in [6.07, 6.45) is 0. The van der Waals surface area contributed by atoms with Gasteiger partial charge >= 0.3 is 0 Å². The van der Waals surface area contributed by atoms with Gasteiger partial charge in [-0.2, -0.15) is 0 Å². The number of carbonyl (C=O) groups excluding carboxylic acids is 1. The lowest BCUT2D eigenvalue weighted by Gasteiger charge is -2.02. The minimum atomic E-state index is -0.200. The molecule has 3 nitrogen and oxygen atoms in total. The number of ether oxygens (including phenoxy) is 1. The summed E-state index contributed by atoms with van der Waals surface area (Å²) < 4.78 is 5.78. The molecule has 1 aromatic heterocycles. The van der Waals surface area contributed by atoms with Crippen molar-refractivity contribution in [3.05, 3.63) is 33.1 Å². The van der Waals surface area contributed by atoms with Gasteiger partial charge in [-0.1, -0.05) is 29.3 Å². The van der Waals surface area contributed by atoms with Crippen LogP contribution in [0.2, 0.25) is 10.0 Å². The van der Waals surface area contributed by atoms with Crippen molar-refractivity contribution in [2.24, 2.45) is 0 Å². The third kappa shape index (κ3) is 2.62. The van der Waals surface area contributed by atoms with Crippen LogP contribution in [0, 0.1) is 0 Å². The summed E-state index contributed by atoms with van der Waals surface area (Å²) >= 11 is 13.6. The van der Waals surface area contributed by atoms with Crippen LogP contribution in [0.5, 0.6) is 0 Å². The number of hydrogen-bond acceptors (Lipinski definition) is 3. The van der Waals surface area contributed by atoms with Gasteiger partial charge in [0.1, 0.15) is 4.88 Å². The summed E-state index contributed by atoms with van der Waals surface area (Å²) in [7, 11) is 1.58. The number of halogens is 2. The first-order chi connectivity index (χ1) is 8.65. The van der Waals surface area contributed by atoms with Gasteiger partial charge in [-0.3, -0.25) is 4.79 Å². The summed E-state index contributed by atoms with van der Waals surface area (Å²) in [5, 5.41) is 4.45. The molecule has 0 bridgehead atoms. The number of methoxy groups -OCH3 is 1. The maximum atomic E-state index is 11.9. The van der Waals surface area contributed by atoms with Crippen LogP contribution in [0.15, 0.2) is 18.2 Å². The van der Waals surface area contributed by atoms with Crippen molar-refractivity contribution in [1.29, 1.82) is 0 Å². The van der Waals surface area contributed by atoms with Gasteiger partial charge in [0.15, 0.2) is 0 Å². The van der Waals surface area contributed by atoms with E-state index in [-0.39, 0.29) is 5.91 Å². The molecule has 1 amide bonds. The lowest BCUT2D eigenvalue weighted by Crippen LogP contribution is -2.26. The molecule has 0 unspecified atom stereocenters. The zero-order chi connectivity index (χ0) is 13.1. The Morgan fingerprint density at radius 2 is 2.22 bits per heavy atom. The summed E-state index contributed by atoms with van der Waals surface area (Å²) in [5.41, 5.74) is 0. The Morgan fingerprint density at radius 1 is 1.44 bits per heavy atom. The maximum absolute atomic E-state index is 11.9. The van der Waals surface area contributed by atoms with Gasteiger partial charge in [0.05, 0.1) is 16.7 Å². The number of thiophene rings is 1. The summed E-state index contributed by atoms with van der Waals surface area (Å²) in [4.78, 5) is 12.4. The highest BCUT2D eigenvalue weighted by Gasteiger charge is 2.18. The number of benzene rings is 1. The fraction of sp³-hybridized carbons (Fsp3) is 0.250. The van der Waals surface area contributed by atoms with Crippen molar-refractivity contribution < 1.29 is 9.53 Å². The number of amides is 1. The SMILES string of the molecule is COCCNC(=O)c1sc2cccc(Cl)c2c1Cl. The van der Waals surface area contributed by atoms with Crippen LogP contribution in [0.1, 0.15) is 9.67 Å². The van der Waals surface area contributed by atoms with E-state index in [0.29, 0.717) is 28.1 Å². The standard InChI is InChI=1S/C12H11Cl2NO2S/c1-17-6-5-15-12(16)11-10(14)9-7(13)3-2-4-8(9)18-11/h2-4H,5-6H2,1H3,(H,15,16). The first-order valence-electron chi connectivity index (χ1n) is 5.28. The lowest BCUT2D eigenvalue weighted by atomic mass is 10.2. The van der Waals surface area contributed by atoms with E-state index in [1.54, 1.807) is 13.2 Å². The smallest absolute Gasteiger partial charge is 0.263 e. The number of rotatable bonds is 4. The summed E-state index contributed by atoms with van der Waals surface area (Å²) in [5.74, 6) is -0.200. The van der Waals surface area contributed by atoms with Crippen molar-refractivity contribution in [3.63, 3.8) is 0 Å². The molecular formula is C12H11Cl2NO2S. The average Bonchev–Trinajstić information content (AvgIpc) is 2.68. The first kappa shape index (κ1) is 13.6. The molecule has 96 valence electrons. The molecule has 0 atom stereocenters. The van der Waals surface area contributed by atoms with Crippen LogP contribution >= 0.6 is 34.5 Å². The predicted octanol–water partition coefficient (Wildman–Crippen LogP) is 3.58. The molecule has 0 aliphatic carbocycles. The minimum absolute atomic E-state index is 0.200. The Bertz CT molecular complexity index is 583. The monoisotopic (exact) mass is 303 g/mol. The molecule has 1 aromatic carbocycles. The molecule has 6 heteroatoms. The normalized spacial score (nSPS) is 10.8. The predicted molar refractivity (Wildman–Crippen MR) is 76.1 cm³/mol. The van der Waals surface area contributed by atoms with Gasteiger partial charge in [0.2, 0.25) is 0 Å². The number of fused-ring (bicyclic) bond motifs is 1. The Morgan fingerprint density at radius 3 is 2.89 bits per heavy atom. The van der Waals surface area contributed by atoms with Crippen LogP contribution < -0.4 is 5.32 Å². The number of hydrogen-bond donors (Lipinski definition) is 1. The van der Waals surface area contributed by atoms with E-state index in [1.807, 2.05) is 12.1 Å². The summed E-state index contributed by atoms with van der Waals surface area (Å²) in [6, 6.07) is 5.49. The molecule has 1 heterocycles. The third-order valence-corrected chi connectivity index (χ3v) is 4.36. The first-order valence-corrected chi connectivity index (χ1v) is 6.86. The van der Waals surface area contributed by atoms with Gasteiger partial charge in [-0.05, 0) is 12.1 Å². The molecule has 0 aliphatic heterocycles. The van der Waals surface area contributed by atoms with Crippen LogP contribution in [0.4, 0.5) is 0 Å². The third-order valence-electron chi connectivity index (χ3n) is 2.40. The molecular weight excluding hydrogens is 293 g/mol. The van der Waals surface area contributed by atoms with Crippen molar-refractivity contribution in [1.82, 2.24) is 5.32 Å². The van der Waals surface area contributed by atoms with E-state index in [4.69, 9.17) is 27.9 Å². The highest BCUT2D eigenvalue weighted by atomic mass is 35.5. The molecule has 0 radical (unpaired) electrons. The Balaban J connectivity index is 2.31. The Hall–Kier alpha value is -0.810. The average molecular weight is 304 g/mol. The zero-order valence-electron chi connectivity index (χ0n) is 9.63. The van der Waals surface area contributed by atoms with E-state index in [0.717, 1.165) is 10.1 Å². The Labute approximate surface area is 119 Å². The van der Waals surface area contributed by atoms with Crippen molar-refractivity contribution >= 4 is 50.5 Å². The van der Waals surface area contributed by atoms with E-state index >= 15 is 0 Å². The highest BCUT2D eigenvalue weighted by molar-refractivity contribution is 7.21. The van der Waals surface area contributed by atoms with Crippen molar-refractivity contribution in [2.45, 2.75) is 0 Å². The van der Waals surface area contributed by atoms with Crippen LogP contribution in [-0.2, 0) is 4.74 Å². The second kappa shape index (κ2) is 5.89. The van der Waals surface area contributed by atoms with Gasteiger partial charge in [-0.15, -0.1) is 11.3 Å². The van der Waals surface area contributed by atoms with E-state index < -0.39 is 0 Å². The topological polar surface area (TPSA) is 38.3 Å². The van der Waals surface area contributed by atoms with E-state index in [1.165, 1.54) is 11.3 Å². The summed E-state index contributed by atoms with van der Waals surface area (Å²) in [6.45, 7) is 0.919. The van der Waals surface area contributed by atoms with Crippen LogP contribution in [0.3, 0.4) is 0 Å². The van der Waals surface area contributed by atoms with Crippen LogP contribution in [-0.4, -0.2) is 26.2 Å². The molecule has 18 heavy (non-hydrogen) atoms. The molecule has 2 aromatic rings. The van der Waals surface area contributed by atoms with E-state index in [2.05, 4.69) is 5.32 Å². The maximum Gasteiger partial charge on any atom is 0.263 e. The number of nitrogens with one attached hydrogen (secondary N) is 1. The molecule has 0 saturated carbocycles. The molecule has 1 N–H and O–H groups in total. The highest BCUT2D eigenvalue weighted by Crippen LogP contribution is 2.39. The van der Waals surface area contributed by atoms with Gasteiger partial charge in [0.25, 0.3) is 5.91 Å². The largest absolute Gasteiger partial charge is 0.383 e. The molecule has 0 spiro atoms. The fourth-order valence-corrected chi connectivity index (χ4v) is 3.44. The second-order valence-electron chi connectivity index (χ2n) is 3.61. The van der Waals surface area contributed by atoms with Gasteiger partial charge < -0.3 is 10.1 Å². The Kier molecular flexibility index (Phi) is 4.45. The lowest BCUT2D eigenvalue weighted by molar-refractivity contribution is 0.0941. The molecule has 0 fully saturated rings. The molecule has 0 aliphatic rings.